The number of cyclic esters (lactones) is 1. The zero-order valence-electron chi connectivity index (χ0n) is 19.3. The number of ether oxygens (including phenoxy) is 1. The molecular weight excluding hydrogens is 399 g/mol. The van der Waals surface area contributed by atoms with Crippen molar-refractivity contribution in [2.75, 3.05) is 0 Å². The molecule has 2 nitrogen and oxygen atoms in total. The molecule has 0 radical (unpaired) electrons. The summed E-state index contributed by atoms with van der Waals surface area (Å²) >= 11 is 0. The van der Waals surface area contributed by atoms with Crippen LogP contribution in [0, 0.1) is 46.7 Å². The molecule has 0 N–H and O–H groups in total. The van der Waals surface area contributed by atoms with E-state index in [0.717, 1.165) is 24.3 Å². The summed E-state index contributed by atoms with van der Waals surface area (Å²) in [6.45, 7) is 6.72. The Labute approximate surface area is 190 Å². The zero-order chi connectivity index (χ0) is 22.2. The highest BCUT2D eigenvalue weighted by Gasteiger charge is 2.73. The number of esters is 1. The van der Waals surface area contributed by atoms with Crippen molar-refractivity contribution in [1.82, 2.24) is 0 Å². The van der Waals surface area contributed by atoms with Crippen LogP contribution in [-0.2, 0) is 9.53 Å². The lowest BCUT2D eigenvalue weighted by Crippen LogP contribution is -2.38. The van der Waals surface area contributed by atoms with Gasteiger partial charge in [0.15, 0.2) is 0 Å². The molecule has 6 rings (SSSR count). The molecule has 1 heterocycles. The lowest BCUT2D eigenvalue weighted by atomic mass is 9.61. The highest BCUT2D eigenvalue weighted by Crippen LogP contribution is 2.77. The van der Waals surface area contributed by atoms with Gasteiger partial charge in [-0.05, 0) is 91.5 Å². The molecule has 1 spiro atoms. The van der Waals surface area contributed by atoms with Gasteiger partial charge in [0, 0.05) is 11.3 Å². The first-order valence-corrected chi connectivity index (χ1v) is 12.5. The topological polar surface area (TPSA) is 26.3 Å². The van der Waals surface area contributed by atoms with Crippen molar-refractivity contribution >= 4 is 11.5 Å². The van der Waals surface area contributed by atoms with Crippen LogP contribution in [0.5, 0.6) is 0 Å². The molecule has 3 heteroatoms. The van der Waals surface area contributed by atoms with E-state index in [4.69, 9.17) is 4.74 Å². The third kappa shape index (κ3) is 2.92. The van der Waals surface area contributed by atoms with E-state index in [-0.39, 0.29) is 23.8 Å². The van der Waals surface area contributed by atoms with Crippen LogP contribution < -0.4 is 0 Å². The molecule has 1 aliphatic heterocycles. The normalized spacial score (nSPS) is 43.6. The molecule has 4 aliphatic carbocycles. The number of halogens is 1. The first kappa shape index (κ1) is 20.4. The van der Waals surface area contributed by atoms with Gasteiger partial charge in [0.2, 0.25) is 0 Å². The molecule has 1 unspecified atom stereocenters. The first-order valence-electron chi connectivity index (χ1n) is 12.5. The van der Waals surface area contributed by atoms with Gasteiger partial charge in [-0.25, -0.2) is 4.39 Å². The quantitative estimate of drug-likeness (QED) is 0.484. The molecule has 168 valence electrons. The van der Waals surface area contributed by atoms with E-state index in [1.807, 2.05) is 6.07 Å². The van der Waals surface area contributed by atoms with Gasteiger partial charge in [0.05, 0.1) is 5.92 Å². The van der Waals surface area contributed by atoms with Crippen molar-refractivity contribution in [1.29, 1.82) is 0 Å². The number of carbonyl (C=O) groups excluding carboxylic acids is 1. The van der Waals surface area contributed by atoms with Crippen LogP contribution in [0.15, 0.2) is 53.6 Å². The second-order valence-electron chi connectivity index (χ2n) is 11.2. The molecule has 1 saturated heterocycles. The van der Waals surface area contributed by atoms with Gasteiger partial charge in [0.25, 0.3) is 0 Å². The van der Waals surface area contributed by atoms with Crippen molar-refractivity contribution in [2.24, 2.45) is 40.9 Å². The lowest BCUT2D eigenvalue weighted by molar-refractivity contribution is -0.144. The number of fused-ring (bicyclic) bond motifs is 2. The maximum atomic E-state index is 13.7. The van der Waals surface area contributed by atoms with E-state index in [1.54, 1.807) is 17.7 Å². The molecular formula is C29H33FO2. The summed E-state index contributed by atoms with van der Waals surface area (Å²) in [5, 5.41) is 0. The summed E-state index contributed by atoms with van der Waals surface area (Å²) < 4.78 is 19.5. The van der Waals surface area contributed by atoms with Gasteiger partial charge in [-0.15, -0.1) is 0 Å². The maximum absolute atomic E-state index is 13.7. The van der Waals surface area contributed by atoms with Crippen LogP contribution in [0.1, 0.15) is 58.4 Å². The van der Waals surface area contributed by atoms with Crippen LogP contribution in [-0.4, -0.2) is 12.1 Å². The average Bonchev–Trinajstić information content (AvgIpc) is 3.28. The Bertz CT molecular complexity index is 1060. The van der Waals surface area contributed by atoms with Gasteiger partial charge in [-0.1, -0.05) is 49.8 Å². The van der Waals surface area contributed by atoms with Crippen molar-refractivity contribution in [3.8, 4) is 0 Å². The molecule has 8 atom stereocenters. The summed E-state index contributed by atoms with van der Waals surface area (Å²) in [5.41, 5.74) is 5.49. The fraction of sp³-hybridized carbons (Fsp3) is 0.552. The van der Waals surface area contributed by atoms with Crippen molar-refractivity contribution in [3.05, 3.63) is 65.0 Å². The number of carbonyl (C=O) groups is 1. The van der Waals surface area contributed by atoms with E-state index in [2.05, 4.69) is 39.0 Å². The number of benzene rings is 1. The molecule has 1 aromatic rings. The molecule has 32 heavy (non-hydrogen) atoms. The first-order chi connectivity index (χ1) is 15.4. The number of hydrogen-bond donors (Lipinski definition) is 0. The molecule has 3 saturated carbocycles. The predicted molar refractivity (Wildman–Crippen MR) is 124 cm³/mol. The van der Waals surface area contributed by atoms with Crippen LogP contribution >= 0.6 is 0 Å². The Hall–Kier alpha value is -2.16. The van der Waals surface area contributed by atoms with Crippen LogP contribution in [0.25, 0.3) is 5.57 Å². The monoisotopic (exact) mass is 432 g/mol. The highest BCUT2D eigenvalue weighted by molar-refractivity contribution is 5.77. The Morgan fingerprint density at radius 1 is 1.16 bits per heavy atom. The molecule has 0 bridgehead atoms. The van der Waals surface area contributed by atoms with Gasteiger partial charge in [-0.2, -0.15) is 0 Å². The minimum Gasteiger partial charge on any atom is -0.462 e. The van der Waals surface area contributed by atoms with E-state index < -0.39 is 0 Å². The summed E-state index contributed by atoms with van der Waals surface area (Å²) in [6.07, 6.45) is 12.8. The van der Waals surface area contributed by atoms with E-state index in [1.165, 1.54) is 36.5 Å². The Balaban J connectivity index is 1.35. The molecule has 0 aromatic heterocycles. The van der Waals surface area contributed by atoms with Crippen LogP contribution in [0.4, 0.5) is 4.39 Å². The SMILES string of the molecule is CC1CC(/C=C2\[C@@H]3[C@@H]4[C@@H](C)OC(=O)[C@@H]4C[C@@H]4C[C@@H](C)CC[C@]243)=CC=C1c1cccc(F)c1. The van der Waals surface area contributed by atoms with E-state index in [0.29, 0.717) is 29.1 Å². The third-order valence-corrected chi connectivity index (χ3v) is 9.39. The standard InChI is InChI=1S/C29H33FO2/c1-16-9-10-29-21(11-16)15-24-26(18(3)32-28(24)31)27(29)25(29)13-19-7-8-23(17(2)12-19)20-5-4-6-22(30)14-20/h4-8,13-14,16-18,21,24,26-27H,9-12,15H2,1-3H3/b25-13+/t16-,17?,18+,21-,24+,26+,27+,29+/m0/s1. The Morgan fingerprint density at radius 3 is 2.78 bits per heavy atom. The second kappa shape index (κ2) is 7.17. The summed E-state index contributed by atoms with van der Waals surface area (Å²) in [6, 6.07) is 6.94. The van der Waals surface area contributed by atoms with Gasteiger partial charge in [0.1, 0.15) is 11.9 Å². The number of rotatable bonds is 2. The third-order valence-electron chi connectivity index (χ3n) is 9.39. The van der Waals surface area contributed by atoms with Gasteiger partial charge < -0.3 is 4.74 Å². The van der Waals surface area contributed by atoms with Crippen molar-refractivity contribution in [3.63, 3.8) is 0 Å². The predicted octanol–water partition coefficient (Wildman–Crippen LogP) is 6.74. The Morgan fingerprint density at radius 2 is 2.00 bits per heavy atom. The molecule has 4 fully saturated rings. The second-order valence-corrected chi connectivity index (χ2v) is 11.2. The fourth-order valence-electron chi connectivity index (χ4n) is 7.96. The molecule has 0 amide bonds. The minimum atomic E-state index is -0.178. The number of allylic oxidation sites excluding steroid dienone is 6. The Kier molecular flexibility index (Phi) is 4.58. The summed E-state index contributed by atoms with van der Waals surface area (Å²) in [4.78, 5) is 12.6. The van der Waals surface area contributed by atoms with Crippen LogP contribution in [0.3, 0.4) is 0 Å². The van der Waals surface area contributed by atoms with Crippen molar-refractivity contribution in [2.45, 2.75) is 59.0 Å². The van der Waals surface area contributed by atoms with Crippen LogP contribution in [0.2, 0.25) is 0 Å². The zero-order valence-corrected chi connectivity index (χ0v) is 19.3. The number of hydrogen-bond acceptors (Lipinski definition) is 2. The van der Waals surface area contributed by atoms with Gasteiger partial charge >= 0.3 is 5.97 Å². The smallest absolute Gasteiger partial charge is 0.309 e. The average molecular weight is 433 g/mol. The molecule has 1 aromatic carbocycles. The summed E-state index contributed by atoms with van der Waals surface area (Å²) in [5.74, 6) is 2.59. The minimum absolute atomic E-state index is 0.0410. The van der Waals surface area contributed by atoms with E-state index >= 15 is 0 Å². The maximum Gasteiger partial charge on any atom is 0.309 e. The van der Waals surface area contributed by atoms with Gasteiger partial charge in [-0.3, -0.25) is 4.79 Å². The largest absolute Gasteiger partial charge is 0.462 e. The highest BCUT2D eigenvalue weighted by atomic mass is 19.1. The fourth-order valence-corrected chi connectivity index (χ4v) is 7.96. The molecule has 5 aliphatic rings. The summed E-state index contributed by atoms with van der Waals surface area (Å²) in [7, 11) is 0. The lowest BCUT2D eigenvalue weighted by Gasteiger charge is -2.42. The van der Waals surface area contributed by atoms with Crippen molar-refractivity contribution < 1.29 is 13.9 Å². The van der Waals surface area contributed by atoms with E-state index in [9.17, 15) is 9.18 Å².